The summed E-state index contributed by atoms with van der Waals surface area (Å²) in [6.45, 7) is 4.26. The molecule has 102 valence electrons. The van der Waals surface area contributed by atoms with Crippen molar-refractivity contribution in [3.8, 4) is 0 Å². The van der Waals surface area contributed by atoms with Crippen molar-refractivity contribution in [1.29, 1.82) is 0 Å². The number of carboxylic acid groups (broad SMARTS) is 1. The summed E-state index contributed by atoms with van der Waals surface area (Å²) in [4.78, 5) is 25.5. The molecule has 1 unspecified atom stereocenters. The van der Waals surface area contributed by atoms with Crippen LogP contribution in [-0.2, 0) is 9.59 Å². The molecule has 0 radical (unpaired) electrons. The number of likely N-dealkylation sites (tertiary alicyclic amines) is 1. The molecule has 18 heavy (non-hydrogen) atoms. The smallest absolute Gasteiger partial charge is 0.326 e. The molecular formula is C13H22N2O3. The summed E-state index contributed by atoms with van der Waals surface area (Å²) in [7, 11) is 0. The van der Waals surface area contributed by atoms with Gasteiger partial charge in [0.05, 0.1) is 5.41 Å². The van der Waals surface area contributed by atoms with Gasteiger partial charge in [-0.1, -0.05) is 6.92 Å². The second-order valence-electron chi connectivity index (χ2n) is 5.41. The first kappa shape index (κ1) is 13.3. The molecule has 2 aliphatic rings. The fourth-order valence-electron chi connectivity index (χ4n) is 3.17. The third kappa shape index (κ3) is 2.23. The van der Waals surface area contributed by atoms with Gasteiger partial charge in [0, 0.05) is 13.1 Å². The Morgan fingerprint density at radius 3 is 2.78 bits per heavy atom. The van der Waals surface area contributed by atoms with Crippen LogP contribution < -0.4 is 5.32 Å². The van der Waals surface area contributed by atoms with Crippen molar-refractivity contribution in [3.63, 3.8) is 0 Å². The van der Waals surface area contributed by atoms with Crippen LogP contribution in [0.4, 0.5) is 0 Å². The Morgan fingerprint density at radius 1 is 1.44 bits per heavy atom. The lowest BCUT2D eigenvalue weighted by molar-refractivity contribution is -0.154. The third-order valence-corrected chi connectivity index (χ3v) is 4.40. The topological polar surface area (TPSA) is 69.6 Å². The Bertz CT molecular complexity index is 337. The number of carboxylic acids is 1. The van der Waals surface area contributed by atoms with Crippen LogP contribution in [0.25, 0.3) is 0 Å². The largest absolute Gasteiger partial charge is 0.480 e. The second kappa shape index (κ2) is 5.26. The molecule has 0 bridgehead atoms. The van der Waals surface area contributed by atoms with E-state index in [4.69, 9.17) is 0 Å². The fraction of sp³-hybridized carbons (Fsp3) is 0.846. The number of rotatable bonds is 3. The SMILES string of the molecule is CCC1(C(=O)N2CCC[C@@H]2C(=O)O)CCCNC1. The maximum Gasteiger partial charge on any atom is 0.326 e. The van der Waals surface area contributed by atoms with E-state index in [1.165, 1.54) is 0 Å². The second-order valence-corrected chi connectivity index (χ2v) is 5.41. The zero-order valence-electron chi connectivity index (χ0n) is 10.9. The molecule has 2 N–H and O–H groups in total. The number of piperidine rings is 1. The molecule has 0 aromatic carbocycles. The summed E-state index contributed by atoms with van der Waals surface area (Å²) in [5.41, 5.74) is -0.379. The molecule has 2 heterocycles. The average molecular weight is 254 g/mol. The highest BCUT2D eigenvalue weighted by Crippen LogP contribution is 2.34. The zero-order valence-corrected chi connectivity index (χ0v) is 10.9. The maximum atomic E-state index is 12.7. The Morgan fingerprint density at radius 2 is 2.22 bits per heavy atom. The van der Waals surface area contributed by atoms with Gasteiger partial charge in [-0.3, -0.25) is 4.79 Å². The van der Waals surface area contributed by atoms with E-state index in [1.54, 1.807) is 4.90 Å². The number of nitrogens with zero attached hydrogens (tertiary/aromatic N) is 1. The van der Waals surface area contributed by atoms with Crippen molar-refractivity contribution in [1.82, 2.24) is 10.2 Å². The van der Waals surface area contributed by atoms with Gasteiger partial charge in [0.15, 0.2) is 0 Å². The van der Waals surface area contributed by atoms with Crippen LogP contribution >= 0.6 is 0 Å². The van der Waals surface area contributed by atoms with Crippen LogP contribution in [0.3, 0.4) is 0 Å². The summed E-state index contributed by atoms with van der Waals surface area (Å²) in [6.07, 6.45) is 4.04. The Labute approximate surface area is 108 Å². The lowest BCUT2D eigenvalue weighted by Gasteiger charge is -2.39. The van der Waals surface area contributed by atoms with Gasteiger partial charge in [-0.05, 0) is 38.6 Å². The average Bonchev–Trinajstić information content (AvgIpc) is 2.88. The first-order valence-electron chi connectivity index (χ1n) is 6.85. The van der Waals surface area contributed by atoms with E-state index < -0.39 is 12.0 Å². The van der Waals surface area contributed by atoms with Gasteiger partial charge in [0.1, 0.15) is 6.04 Å². The van der Waals surface area contributed by atoms with Crippen LogP contribution in [0, 0.1) is 5.41 Å². The highest BCUT2D eigenvalue weighted by molar-refractivity contribution is 5.88. The van der Waals surface area contributed by atoms with Crippen LogP contribution in [0.5, 0.6) is 0 Å². The highest BCUT2D eigenvalue weighted by atomic mass is 16.4. The highest BCUT2D eigenvalue weighted by Gasteiger charge is 2.45. The van der Waals surface area contributed by atoms with E-state index in [0.717, 1.165) is 32.2 Å². The summed E-state index contributed by atoms with van der Waals surface area (Å²) in [5.74, 6) is -0.821. The zero-order chi connectivity index (χ0) is 13.2. The van der Waals surface area contributed by atoms with Crippen LogP contribution in [0.2, 0.25) is 0 Å². The van der Waals surface area contributed by atoms with E-state index in [9.17, 15) is 14.7 Å². The number of carbonyl (C=O) groups excluding carboxylic acids is 1. The molecule has 0 aromatic heterocycles. The van der Waals surface area contributed by atoms with Crippen molar-refractivity contribution >= 4 is 11.9 Å². The summed E-state index contributed by atoms with van der Waals surface area (Å²) >= 11 is 0. The quantitative estimate of drug-likeness (QED) is 0.783. The van der Waals surface area contributed by atoms with E-state index in [-0.39, 0.29) is 11.3 Å². The van der Waals surface area contributed by atoms with Crippen molar-refractivity contribution in [2.24, 2.45) is 5.41 Å². The standard InChI is InChI=1S/C13H22N2O3/c1-2-13(6-4-7-14-9-13)12(18)15-8-3-5-10(15)11(16)17/h10,14H,2-9H2,1H3,(H,16,17)/t10-,13?/m1/s1. The molecule has 0 spiro atoms. The molecule has 0 aliphatic carbocycles. The predicted molar refractivity (Wildman–Crippen MR) is 67.2 cm³/mol. The minimum Gasteiger partial charge on any atom is -0.480 e. The summed E-state index contributed by atoms with van der Waals surface area (Å²) in [5, 5.41) is 12.5. The van der Waals surface area contributed by atoms with Gasteiger partial charge >= 0.3 is 5.97 Å². The first-order chi connectivity index (χ1) is 8.60. The molecule has 2 rings (SSSR count). The molecule has 5 heteroatoms. The fourth-order valence-corrected chi connectivity index (χ4v) is 3.17. The van der Waals surface area contributed by atoms with Gasteiger partial charge < -0.3 is 15.3 Å². The molecule has 0 aromatic rings. The monoisotopic (exact) mass is 254 g/mol. The molecule has 2 aliphatic heterocycles. The van der Waals surface area contributed by atoms with Crippen molar-refractivity contribution < 1.29 is 14.7 Å². The van der Waals surface area contributed by atoms with Crippen LogP contribution in [0.15, 0.2) is 0 Å². The van der Waals surface area contributed by atoms with E-state index >= 15 is 0 Å². The van der Waals surface area contributed by atoms with Gasteiger partial charge in [-0.2, -0.15) is 0 Å². The predicted octanol–water partition coefficient (Wildman–Crippen LogP) is 0.842. The molecule has 5 nitrogen and oxygen atoms in total. The third-order valence-electron chi connectivity index (χ3n) is 4.40. The van der Waals surface area contributed by atoms with Gasteiger partial charge in [0.2, 0.25) is 5.91 Å². The van der Waals surface area contributed by atoms with Crippen molar-refractivity contribution in [2.75, 3.05) is 19.6 Å². The number of amides is 1. The van der Waals surface area contributed by atoms with Crippen molar-refractivity contribution in [3.05, 3.63) is 0 Å². The van der Waals surface area contributed by atoms with Crippen LogP contribution in [0.1, 0.15) is 39.0 Å². The summed E-state index contributed by atoms with van der Waals surface area (Å²) < 4.78 is 0. The lowest BCUT2D eigenvalue weighted by Crippen LogP contribution is -2.54. The lowest BCUT2D eigenvalue weighted by atomic mass is 9.77. The normalized spacial score (nSPS) is 32.5. The van der Waals surface area contributed by atoms with Crippen molar-refractivity contribution in [2.45, 2.75) is 45.1 Å². The molecular weight excluding hydrogens is 232 g/mol. The minimum atomic E-state index is -0.865. The van der Waals surface area contributed by atoms with Gasteiger partial charge in [-0.15, -0.1) is 0 Å². The number of carbonyl (C=O) groups is 2. The van der Waals surface area contributed by atoms with E-state index in [1.807, 2.05) is 6.92 Å². The van der Waals surface area contributed by atoms with Crippen LogP contribution in [-0.4, -0.2) is 47.6 Å². The van der Waals surface area contributed by atoms with Gasteiger partial charge in [0.25, 0.3) is 0 Å². The number of nitrogens with one attached hydrogen (secondary N) is 1. The Hall–Kier alpha value is -1.10. The molecule has 2 saturated heterocycles. The minimum absolute atomic E-state index is 0.0436. The van der Waals surface area contributed by atoms with E-state index in [2.05, 4.69) is 5.32 Å². The van der Waals surface area contributed by atoms with Gasteiger partial charge in [-0.25, -0.2) is 4.79 Å². The Balaban J connectivity index is 2.15. The molecule has 0 saturated carbocycles. The Kier molecular flexibility index (Phi) is 3.90. The summed E-state index contributed by atoms with van der Waals surface area (Å²) in [6, 6.07) is -0.608. The first-order valence-corrected chi connectivity index (χ1v) is 6.85. The number of hydrogen-bond acceptors (Lipinski definition) is 3. The number of aliphatic carboxylic acids is 1. The molecule has 2 atom stereocenters. The van der Waals surface area contributed by atoms with E-state index in [0.29, 0.717) is 19.5 Å². The number of hydrogen-bond donors (Lipinski definition) is 2. The maximum absolute atomic E-state index is 12.7. The molecule has 1 amide bonds. The molecule has 2 fully saturated rings.